The van der Waals surface area contributed by atoms with Gasteiger partial charge in [-0.1, -0.05) is 158 Å². The van der Waals surface area contributed by atoms with Crippen LogP contribution in [-0.2, 0) is 0 Å². The number of anilines is 3. The van der Waals surface area contributed by atoms with Gasteiger partial charge < -0.3 is 9.32 Å². The molecule has 0 fully saturated rings. The third-order valence-electron chi connectivity index (χ3n) is 11.3. The zero-order chi connectivity index (χ0) is 37.0. The van der Waals surface area contributed by atoms with E-state index < -0.39 is 0 Å². The first-order chi connectivity index (χ1) is 27.7. The summed E-state index contributed by atoms with van der Waals surface area (Å²) in [5.74, 6) is 0. The number of hydrogen-bond acceptors (Lipinski definition) is 2. The maximum Gasteiger partial charge on any atom is 0.143 e. The molecule has 0 N–H and O–H groups in total. The predicted molar refractivity (Wildman–Crippen MR) is 237 cm³/mol. The van der Waals surface area contributed by atoms with Crippen molar-refractivity contribution >= 4 is 71.3 Å². The average molecular weight is 714 g/mol. The number of para-hydroxylation sites is 1. The van der Waals surface area contributed by atoms with Crippen molar-refractivity contribution in [2.24, 2.45) is 0 Å². The predicted octanol–water partition coefficient (Wildman–Crippen LogP) is 15.5. The SMILES string of the molecule is c1ccc(-c2ccc(N(c3ccc(-c4ccc(-c5cc6ccccc6c6ccccc56)cc4)cc3)c3ccc4ccc5c6ccccc6oc5c4c3)cc2)cc1. The number of fused-ring (bicyclic) bond motifs is 8. The van der Waals surface area contributed by atoms with E-state index in [0.29, 0.717) is 0 Å². The Bertz CT molecular complexity index is 3210. The van der Waals surface area contributed by atoms with Gasteiger partial charge >= 0.3 is 0 Å². The molecule has 11 rings (SSSR count). The Morgan fingerprint density at radius 2 is 0.804 bits per heavy atom. The molecule has 0 aliphatic rings. The van der Waals surface area contributed by atoms with Gasteiger partial charge in [0.1, 0.15) is 11.2 Å². The summed E-state index contributed by atoms with van der Waals surface area (Å²) < 4.78 is 6.50. The van der Waals surface area contributed by atoms with Gasteiger partial charge in [0.05, 0.1) is 0 Å². The third-order valence-corrected chi connectivity index (χ3v) is 11.3. The molecular weight excluding hydrogens is 679 g/mol. The Morgan fingerprint density at radius 1 is 0.286 bits per heavy atom. The molecule has 2 nitrogen and oxygen atoms in total. The summed E-state index contributed by atoms with van der Waals surface area (Å²) in [5.41, 5.74) is 12.3. The van der Waals surface area contributed by atoms with Crippen molar-refractivity contribution in [3.8, 4) is 33.4 Å². The minimum atomic E-state index is 0.906. The van der Waals surface area contributed by atoms with Gasteiger partial charge in [-0.05, 0) is 115 Å². The second-order valence-corrected chi connectivity index (χ2v) is 14.5. The van der Waals surface area contributed by atoms with E-state index in [9.17, 15) is 0 Å². The van der Waals surface area contributed by atoms with Crippen LogP contribution < -0.4 is 4.90 Å². The highest BCUT2D eigenvalue weighted by Gasteiger charge is 2.17. The summed E-state index contributed by atoms with van der Waals surface area (Å²) in [6.45, 7) is 0. The molecule has 11 aromatic rings. The van der Waals surface area contributed by atoms with Crippen LogP contribution in [0.1, 0.15) is 0 Å². The second-order valence-electron chi connectivity index (χ2n) is 14.5. The van der Waals surface area contributed by atoms with E-state index in [-0.39, 0.29) is 0 Å². The van der Waals surface area contributed by atoms with E-state index in [0.717, 1.165) is 49.8 Å². The van der Waals surface area contributed by atoms with Crippen molar-refractivity contribution in [3.05, 3.63) is 212 Å². The summed E-state index contributed by atoms with van der Waals surface area (Å²) >= 11 is 0. The molecule has 0 atom stereocenters. The molecule has 0 saturated heterocycles. The first kappa shape index (κ1) is 32.0. The van der Waals surface area contributed by atoms with Gasteiger partial charge in [-0.2, -0.15) is 0 Å². The number of rotatable bonds is 6. The van der Waals surface area contributed by atoms with Crippen molar-refractivity contribution < 1.29 is 4.42 Å². The highest BCUT2D eigenvalue weighted by atomic mass is 16.3. The van der Waals surface area contributed by atoms with Gasteiger partial charge in [-0.3, -0.25) is 0 Å². The Hall–Kier alpha value is -7.42. The first-order valence-electron chi connectivity index (χ1n) is 19.2. The number of nitrogens with zero attached hydrogens (tertiary/aromatic N) is 1. The Morgan fingerprint density at radius 3 is 1.52 bits per heavy atom. The molecule has 0 radical (unpaired) electrons. The highest BCUT2D eigenvalue weighted by Crippen LogP contribution is 2.41. The first-order valence-corrected chi connectivity index (χ1v) is 19.2. The minimum Gasteiger partial charge on any atom is -0.455 e. The van der Waals surface area contributed by atoms with Crippen LogP contribution in [0, 0.1) is 0 Å². The van der Waals surface area contributed by atoms with Gasteiger partial charge in [0.2, 0.25) is 0 Å². The van der Waals surface area contributed by atoms with Crippen molar-refractivity contribution in [2.45, 2.75) is 0 Å². The smallest absolute Gasteiger partial charge is 0.143 e. The summed E-state index contributed by atoms with van der Waals surface area (Å²) in [6.07, 6.45) is 0. The maximum absolute atomic E-state index is 6.50. The van der Waals surface area contributed by atoms with Crippen LogP contribution in [0.2, 0.25) is 0 Å². The van der Waals surface area contributed by atoms with E-state index in [2.05, 4.69) is 205 Å². The van der Waals surface area contributed by atoms with Crippen molar-refractivity contribution in [3.63, 3.8) is 0 Å². The fraction of sp³-hybridized carbons (Fsp3) is 0. The van der Waals surface area contributed by atoms with E-state index >= 15 is 0 Å². The van der Waals surface area contributed by atoms with Crippen molar-refractivity contribution in [1.82, 2.24) is 0 Å². The Kier molecular flexibility index (Phi) is 7.53. The van der Waals surface area contributed by atoms with Gasteiger partial charge in [0.15, 0.2) is 0 Å². The Labute approximate surface area is 325 Å². The van der Waals surface area contributed by atoms with Gasteiger partial charge in [-0.25, -0.2) is 0 Å². The topological polar surface area (TPSA) is 16.4 Å². The molecule has 1 aromatic heterocycles. The number of furan rings is 1. The van der Waals surface area contributed by atoms with Crippen LogP contribution in [-0.4, -0.2) is 0 Å². The van der Waals surface area contributed by atoms with Crippen LogP contribution >= 0.6 is 0 Å². The zero-order valence-electron chi connectivity index (χ0n) is 30.6. The van der Waals surface area contributed by atoms with E-state index in [4.69, 9.17) is 4.42 Å². The van der Waals surface area contributed by atoms with E-state index in [1.165, 1.54) is 54.9 Å². The summed E-state index contributed by atoms with van der Waals surface area (Å²) in [5, 5.41) is 9.62. The normalized spacial score (nSPS) is 11.6. The lowest BCUT2D eigenvalue weighted by atomic mass is 9.92. The summed E-state index contributed by atoms with van der Waals surface area (Å²) in [4.78, 5) is 2.34. The van der Waals surface area contributed by atoms with Crippen LogP contribution in [0.15, 0.2) is 217 Å². The fourth-order valence-electron chi connectivity index (χ4n) is 8.45. The largest absolute Gasteiger partial charge is 0.455 e. The zero-order valence-corrected chi connectivity index (χ0v) is 30.6. The fourth-order valence-corrected chi connectivity index (χ4v) is 8.45. The van der Waals surface area contributed by atoms with Crippen LogP contribution in [0.25, 0.3) is 87.6 Å². The molecule has 56 heavy (non-hydrogen) atoms. The standard InChI is InChI=1S/C54H35NO/c1-2-10-36(11-3-1)38-22-28-43(29-23-38)55(45-32-26-41-27-33-50-49-16-8-9-17-53(49)56-54(50)52(41)35-45)44-30-24-39(25-31-44)37-18-20-40(21-19-37)51-34-42-12-4-5-13-46(42)47-14-6-7-15-48(47)51/h1-35H. The van der Waals surface area contributed by atoms with Gasteiger partial charge in [0, 0.05) is 33.2 Å². The molecule has 2 heteroatoms. The summed E-state index contributed by atoms with van der Waals surface area (Å²) in [7, 11) is 0. The monoisotopic (exact) mass is 713 g/mol. The van der Waals surface area contributed by atoms with Gasteiger partial charge in [0.25, 0.3) is 0 Å². The molecule has 0 amide bonds. The highest BCUT2D eigenvalue weighted by molar-refractivity contribution is 6.16. The van der Waals surface area contributed by atoms with Crippen LogP contribution in [0.4, 0.5) is 17.1 Å². The number of benzene rings is 10. The lowest BCUT2D eigenvalue weighted by molar-refractivity contribution is 0.672. The van der Waals surface area contributed by atoms with E-state index in [1.807, 2.05) is 12.1 Å². The molecule has 10 aromatic carbocycles. The quantitative estimate of drug-likeness (QED) is 0.160. The lowest BCUT2D eigenvalue weighted by Gasteiger charge is -2.26. The molecule has 0 aliphatic heterocycles. The molecule has 0 saturated carbocycles. The molecule has 0 aliphatic carbocycles. The molecule has 262 valence electrons. The molecule has 0 spiro atoms. The number of hydrogen-bond donors (Lipinski definition) is 0. The molecule has 0 unspecified atom stereocenters. The van der Waals surface area contributed by atoms with Crippen molar-refractivity contribution in [1.29, 1.82) is 0 Å². The maximum atomic E-state index is 6.50. The Balaban J connectivity index is 0.985. The van der Waals surface area contributed by atoms with E-state index in [1.54, 1.807) is 0 Å². The summed E-state index contributed by atoms with van der Waals surface area (Å²) in [6, 6.07) is 76.4. The van der Waals surface area contributed by atoms with Crippen molar-refractivity contribution in [2.75, 3.05) is 4.90 Å². The average Bonchev–Trinajstić information content (AvgIpc) is 3.67. The second kappa shape index (κ2) is 13.2. The van der Waals surface area contributed by atoms with Crippen LogP contribution in [0.3, 0.4) is 0 Å². The lowest BCUT2D eigenvalue weighted by Crippen LogP contribution is -2.09. The molecular formula is C54H35NO. The van der Waals surface area contributed by atoms with Gasteiger partial charge in [-0.15, -0.1) is 0 Å². The molecule has 1 heterocycles. The van der Waals surface area contributed by atoms with Crippen LogP contribution in [0.5, 0.6) is 0 Å². The third kappa shape index (κ3) is 5.42. The minimum absolute atomic E-state index is 0.906. The molecule has 0 bridgehead atoms.